The lowest BCUT2D eigenvalue weighted by atomic mass is 9.91. The number of nitrogens with one attached hydrogen (secondary N) is 1. The molecule has 0 spiro atoms. The van der Waals surface area contributed by atoms with Gasteiger partial charge >= 0.3 is 0 Å². The zero-order chi connectivity index (χ0) is 16.1. The van der Waals surface area contributed by atoms with Gasteiger partial charge in [-0.1, -0.05) is 34.6 Å². The van der Waals surface area contributed by atoms with Crippen molar-refractivity contribution in [3.05, 3.63) is 16.1 Å². The summed E-state index contributed by atoms with van der Waals surface area (Å²) < 4.78 is 5.18. The van der Waals surface area contributed by atoms with Crippen LogP contribution in [0, 0.1) is 5.92 Å². The fraction of sp³-hybridized carbons (Fsp3) is 0.824. The van der Waals surface area contributed by atoms with Crippen LogP contribution < -0.4 is 5.32 Å². The summed E-state index contributed by atoms with van der Waals surface area (Å²) in [5.74, 6) is 0.704. The van der Waals surface area contributed by atoms with Gasteiger partial charge in [0, 0.05) is 24.4 Å². The molecular formula is C17H32N2OS. The molecule has 4 heteroatoms. The molecule has 0 fully saturated rings. The van der Waals surface area contributed by atoms with E-state index in [0.29, 0.717) is 5.92 Å². The first-order valence-electron chi connectivity index (χ1n) is 7.89. The molecule has 1 N–H and O–H groups in total. The highest BCUT2D eigenvalue weighted by atomic mass is 32.1. The molecule has 1 unspecified atom stereocenters. The Bertz CT molecular complexity index is 423. The van der Waals surface area contributed by atoms with Crippen LogP contribution >= 0.6 is 11.3 Å². The summed E-state index contributed by atoms with van der Waals surface area (Å²) in [5, 5.41) is 7.06. The topological polar surface area (TPSA) is 34.1 Å². The third kappa shape index (κ3) is 5.68. The third-order valence-corrected chi connectivity index (χ3v) is 4.89. The van der Waals surface area contributed by atoms with Gasteiger partial charge in [-0.15, -0.1) is 11.3 Å². The van der Waals surface area contributed by atoms with Gasteiger partial charge in [-0.25, -0.2) is 4.98 Å². The van der Waals surface area contributed by atoms with Crippen molar-refractivity contribution in [1.82, 2.24) is 10.3 Å². The van der Waals surface area contributed by atoms with Crippen LogP contribution in [0.5, 0.6) is 0 Å². The van der Waals surface area contributed by atoms with E-state index >= 15 is 0 Å². The minimum Gasteiger partial charge on any atom is -0.383 e. The highest BCUT2D eigenvalue weighted by Gasteiger charge is 2.30. The number of aromatic nitrogens is 1. The molecule has 0 saturated carbocycles. The number of methoxy groups -OCH3 is 1. The van der Waals surface area contributed by atoms with Crippen LogP contribution in [0.4, 0.5) is 0 Å². The van der Waals surface area contributed by atoms with E-state index in [2.05, 4.69) is 52.2 Å². The van der Waals surface area contributed by atoms with Crippen molar-refractivity contribution in [2.45, 2.75) is 65.3 Å². The normalized spacial score (nSPS) is 15.4. The van der Waals surface area contributed by atoms with E-state index in [0.717, 1.165) is 19.6 Å². The van der Waals surface area contributed by atoms with Crippen LogP contribution in [-0.4, -0.2) is 25.2 Å². The summed E-state index contributed by atoms with van der Waals surface area (Å²) in [5.41, 5.74) is 1.24. The second-order valence-corrected chi connectivity index (χ2v) is 8.33. The standard InChI is InChI=1S/C17H32N2OS/c1-13(2)8-9-17(6,18-10-11-20-7)15-19-14(12-21-15)16(3,4)5/h12-13,18H,8-11H2,1-7H3. The molecule has 21 heavy (non-hydrogen) atoms. The van der Waals surface area contributed by atoms with Crippen LogP contribution in [0.1, 0.15) is 65.1 Å². The van der Waals surface area contributed by atoms with E-state index in [1.165, 1.54) is 17.1 Å². The van der Waals surface area contributed by atoms with Crippen LogP contribution in [0.15, 0.2) is 5.38 Å². The Hall–Kier alpha value is -0.450. The molecule has 122 valence electrons. The molecule has 0 aliphatic rings. The van der Waals surface area contributed by atoms with Gasteiger partial charge in [-0.05, 0) is 25.7 Å². The van der Waals surface area contributed by atoms with Gasteiger partial charge in [0.15, 0.2) is 0 Å². The lowest BCUT2D eigenvalue weighted by Crippen LogP contribution is -2.41. The molecule has 0 aromatic carbocycles. The Morgan fingerprint density at radius 3 is 2.43 bits per heavy atom. The molecule has 1 aromatic heterocycles. The molecule has 1 rings (SSSR count). The first-order valence-corrected chi connectivity index (χ1v) is 8.77. The van der Waals surface area contributed by atoms with Crippen molar-refractivity contribution in [1.29, 1.82) is 0 Å². The van der Waals surface area contributed by atoms with E-state index in [9.17, 15) is 0 Å². The van der Waals surface area contributed by atoms with Crippen molar-refractivity contribution < 1.29 is 4.74 Å². The van der Waals surface area contributed by atoms with Gasteiger partial charge in [-0.2, -0.15) is 0 Å². The Morgan fingerprint density at radius 1 is 1.29 bits per heavy atom. The lowest BCUT2D eigenvalue weighted by Gasteiger charge is -2.30. The average molecular weight is 313 g/mol. The molecule has 0 bridgehead atoms. The maximum Gasteiger partial charge on any atom is 0.113 e. The third-order valence-electron chi connectivity index (χ3n) is 3.79. The van der Waals surface area contributed by atoms with E-state index < -0.39 is 0 Å². The average Bonchev–Trinajstić information content (AvgIpc) is 2.87. The zero-order valence-electron chi connectivity index (χ0n) is 14.7. The molecular weight excluding hydrogens is 280 g/mol. The maximum atomic E-state index is 5.18. The second-order valence-electron chi connectivity index (χ2n) is 7.47. The van der Waals surface area contributed by atoms with Crippen molar-refractivity contribution in [3.8, 4) is 0 Å². The van der Waals surface area contributed by atoms with E-state index in [1.807, 2.05) is 0 Å². The molecule has 1 heterocycles. The monoisotopic (exact) mass is 312 g/mol. The van der Waals surface area contributed by atoms with Gasteiger partial charge in [0.2, 0.25) is 0 Å². The molecule has 1 atom stereocenters. The molecule has 1 aromatic rings. The van der Waals surface area contributed by atoms with E-state index in [1.54, 1.807) is 18.4 Å². The number of thiazole rings is 1. The predicted octanol–water partition coefficient (Wildman–Crippen LogP) is 4.33. The minimum absolute atomic E-state index is 0.0586. The summed E-state index contributed by atoms with van der Waals surface area (Å²) >= 11 is 1.78. The Kier molecular flexibility index (Phi) is 6.82. The van der Waals surface area contributed by atoms with Gasteiger partial charge in [0.05, 0.1) is 17.8 Å². The molecule has 0 aliphatic heterocycles. The Morgan fingerprint density at radius 2 is 1.95 bits per heavy atom. The molecule has 3 nitrogen and oxygen atoms in total. The molecule has 0 saturated heterocycles. The zero-order valence-corrected chi connectivity index (χ0v) is 15.6. The summed E-state index contributed by atoms with van der Waals surface area (Å²) in [7, 11) is 1.74. The van der Waals surface area contributed by atoms with Crippen LogP contribution in [0.3, 0.4) is 0 Å². The van der Waals surface area contributed by atoms with Crippen LogP contribution in [0.25, 0.3) is 0 Å². The number of hydrogen-bond acceptors (Lipinski definition) is 4. The molecule has 0 radical (unpaired) electrons. The van der Waals surface area contributed by atoms with E-state index in [4.69, 9.17) is 9.72 Å². The summed E-state index contributed by atoms with van der Waals surface area (Å²) in [6.07, 6.45) is 2.30. The second kappa shape index (κ2) is 7.70. The highest BCUT2D eigenvalue weighted by molar-refractivity contribution is 7.09. The quantitative estimate of drug-likeness (QED) is 0.726. The summed E-state index contributed by atoms with van der Waals surface area (Å²) in [6, 6.07) is 0. The SMILES string of the molecule is COCCNC(C)(CCC(C)C)c1nc(C(C)(C)C)cs1. The Balaban J connectivity index is 2.91. The van der Waals surface area contributed by atoms with Crippen molar-refractivity contribution >= 4 is 11.3 Å². The van der Waals surface area contributed by atoms with E-state index in [-0.39, 0.29) is 11.0 Å². The molecule has 0 aliphatic carbocycles. The van der Waals surface area contributed by atoms with Gasteiger partial charge < -0.3 is 10.1 Å². The summed E-state index contributed by atoms with van der Waals surface area (Å²) in [4.78, 5) is 4.93. The first kappa shape index (κ1) is 18.6. The van der Waals surface area contributed by atoms with Crippen molar-refractivity contribution in [2.75, 3.05) is 20.3 Å². The highest BCUT2D eigenvalue weighted by Crippen LogP contribution is 2.33. The number of rotatable bonds is 8. The fourth-order valence-electron chi connectivity index (χ4n) is 2.15. The largest absolute Gasteiger partial charge is 0.383 e. The molecule has 0 amide bonds. The van der Waals surface area contributed by atoms with Crippen LogP contribution in [-0.2, 0) is 15.7 Å². The predicted molar refractivity (Wildman–Crippen MR) is 92.1 cm³/mol. The minimum atomic E-state index is -0.0586. The van der Waals surface area contributed by atoms with Crippen molar-refractivity contribution in [2.24, 2.45) is 5.92 Å². The number of nitrogens with zero attached hydrogens (tertiary/aromatic N) is 1. The number of hydrogen-bond donors (Lipinski definition) is 1. The van der Waals surface area contributed by atoms with Crippen LogP contribution in [0.2, 0.25) is 0 Å². The van der Waals surface area contributed by atoms with Gasteiger partial charge in [-0.3, -0.25) is 0 Å². The van der Waals surface area contributed by atoms with Gasteiger partial charge in [0.25, 0.3) is 0 Å². The Labute approximate surface area is 134 Å². The van der Waals surface area contributed by atoms with Crippen molar-refractivity contribution in [3.63, 3.8) is 0 Å². The smallest absolute Gasteiger partial charge is 0.113 e. The lowest BCUT2D eigenvalue weighted by molar-refractivity contribution is 0.182. The number of ether oxygens (including phenoxy) is 1. The summed E-state index contributed by atoms with van der Waals surface area (Å²) in [6.45, 7) is 15.1. The maximum absolute atomic E-state index is 5.18. The fourth-order valence-corrected chi connectivity index (χ4v) is 3.36. The van der Waals surface area contributed by atoms with Gasteiger partial charge in [0.1, 0.15) is 5.01 Å². The first-order chi connectivity index (χ1) is 9.69.